The zero-order valence-corrected chi connectivity index (χ0v) is 14.1. The summed E-state index contributed by atoms with van der Waals surface area (Å²) in [6, 6.07) is 7.38. The summed E-state index contributed by atoms with van der Waals surface area (Å²) in [6.07, 6.45) is 0.799. The molecule has 0 radical (unpaired) electrons. The van der Waals surface area contributed by atoms with Gasteiger partial charge in [0.25, 0.3) is 0 Å². The second-order valence-corrected chi connectivity index (χ2v) is 5.35. The van der Waals surface area contributed by atoms with Crippen LogP contribution in [0.5, 0.6) is 5.75 Å². The van der Waals surface area contributed by atoms with E-state index in [1.165, 1.54) is 0 Å². The van der Waals surface area contributed by atoms with Crippen molar-refractivity contribution in [1.29, 1.82) is 0 Å². The molecule has 120 valence electrons. The van der Waals surface area contributed by atoms with Crippen LogP contribution < -0.4 is 15.8 Å². The molecule has 0 spiro atoms. The maximum atomic E-state index is 11.9. The lowest BCUT2D eigenvalue weighted by molar-refractivity contribution is -0.123. The second kappa shape index (κ2) is 9.64. The molecule has 0 bridgehead atoms. The minimum absolute atomic E-state index is 0. The maximum absolute atomic E-state index is 11.9. The lowest BCUT2D eigenvalue weighted by Gasteiger charge is -2.20. The molecule has 1 amide bonds. The van der Waals surface area contributed by atoms with E-state index < -0.39 is 6.04 Å². The Hall–Kier alpha value is -1.26. The molecule has 1 aromatic carbocycles. The molecule has 4 nitrogen and oxygen atoms in total. The molecule has 1 rings (SSSR count). The van der Waals surface area contributed by atoms with Gasteiger partial charge in [0.2, 0.25) is 5.91 Å². The highest BCUT2D eigenvalue weighted by atomic mass is 35.5. The van der Waals surface area contributed by atoms with Crippen LogP contribution in [0.3, 0.4) is 0 Å². The van der Waals surface area contributed by atoms with Crippen molar-refractivity contribution in [3.05, 3.63) is 29.8 Å². The lowest BCUT2D eigenvalue weighted by atomic mass is 9.99. The number of hydrogen-bond donors (Lipinski definition) is 2. The van der Waals surface area contributed by atoms with Gasteiger partial charge < -0.3 is 15.8 Å². The molecule has 0 aliphatic carbocycles. The maximum Gasteiger partial charge on any atom is 0.237 e. The highest BCUT2D eigenvalue weighted by Gasteiger charge is 2.19. The molecule has 3 unspecified atom stereocenters. The van der Waals surface area contributed by atoms with Gasteiger partial charge in [0.15, 0.2) is 0 Å². The van der Waals surface area contributed by atoms with E-state index in [1.807, 2.05) is 52.0 Å². The number of aryl methyl sites for hydroxylation is 1. The summed E-state index contributed by atoms with van der Waals surface area (Å²) in [5, 5.41) is 2.85. The molecule has 0 heterocycles. The fourth-order valence-corrected chi connectivity index (χ4v) is 1.82. The van der Waals surface area contributed by atoms with Gasteiger partial charge in [0.1, 0.15) is 11.9 Å². The Bertz CT molecular complexity index is 440. The number of nitrogens with one attached hydrogen (secondary N) is 1. The summed E-state index contributed by atoms with van der Waals surface area (Å²) in [5.41, 5.74) is 6.97. The molecule has 0 aliphatic rings. The van der Waals surface area contributed by atoms with Crippen molar-refractivity contribution in [3.63, 3.8) is 0 Å². The molecule has 21 heavy (non-hydrogen) atoms. The van der Waals surface area contributed by atoms with Crippen LogP contribution in [0.15, 0.2) is 24.3 Å². The number of rotatable bonds is 7. The van der Waals surface area contributed by atoms with E-state index in [0.29, 0.717) is 6.54 Å². The molecular formula is C16H27ClN2O2. The van der Waals surface area contributed by atoms with E-state index in [4.69, 9.17) is 10.5 Å². The van der Waals surface area contributed by atoms with E-state index in [0.717, 1.165) is 17.7 Å². The zero-order chi connectivity index (χ0) is 15.1. The molecule has 0 aromatic heterocycles. The molecule has 5 heteroatoms. The first kappa shape index (κ1) is 19.7. The molecule has 3 N–H and O–H groups in total. The van der Waals surface area contributed by atoms with E-state index >= 15 is 0 Å². The predicted octanol–water partition coefficient (Wildman–Crippen LogP) is 2.67. The molecular weight excluding hydrogens is 288 g/mol. The topological polar surface area (TPSA) is 64.4 Å². The Labute approximate surface area is 133 Å². The quantitative estimate of drug-likeness (QED) is 0.813. The van der Waals surface area contributed by atoms with Crippen molar-refractivity contribution in [1.82, 2.24) is 5.32 Å². The summed E-state index contributed by atoms with van der Waals surface area (Å²) < 4.78 is 5.81. The van der Waals surface area contributed by atoms with E-state index in [2.05, 4.69) is 5.32 Å². The van der Waals surface area contributed by atoms with Crippen molar-refractivity contribution < 1.29 is 9.53 Å². The standard InChI is InChI=1S/C16H26N2O2.ClH/c1-5-11(2)15(17)16(19)18-10-13(4)20-14-9-7-6-8-12(14)3;/h6-9,11,13,15H,5,10,17H2,1-4H3,(H,18,19);1H. The van der Waals surface area contributed by atoms with Crippen molar-refractivity contribution >= 4 is 18.3 Å². The fourth-order valence-electron chi connectivity index (χ4n) is 1.82. The SMILES string of the molecule is CCC(C)C(N)C(=O)NCC(C)Oc1ccccc1C.Cl. The average Bonchev–Trinajstić information content (AvgIpc) is 2.45. The van der Waals surface area contributed by atoms with Crippen LogP contribution in [-0.4, -0.2) is 24.6 Å². The average molecular weight is 315 g/mol. The molecule has 0 saturated heterocycles. The molecule has 0 aliphatic heterocycles. The summed E-state index contributed by atoms with van der Waals surface area (Å²) in [4.78, 5) is 11.9. The predicted molar refractivity (Wildman–Crippen MR) is 89.0 cm³/mol. The van der Waals surface area contributed by atoms with E-state index in [1.54, 1.807) is 0 Å². The number of hydrogen-bond acceptors (Lipinski definition) is 3. The van der Waals surface area contributed by atoms with Gasteiger partial charge in [-0.1, -0.05) is 38.5 Å². The van der Waals surface area contributed by atoms with Gasteiger partial charge in [-0.05, 0) is 31.4 Å². The summed E-state index contributed by atoms with van der Waals surface area (Å²) in [6.45, 7) is 8.40. The van der Waals surface area contributed by atoms with Gasteiger partial charge in [0.05, 0.1) is 12.6 Å². The largest absolute Gasteiger partial charge is 0.489 e. The third kappa shape index (κ3) is 6.36. The number of carbonyl (C=O) groups excluding carboxylic acids is 1. The molecule has 1 aromatic rings. The van der Waals surface area contributed by atoms with Crippen LogP contribution in [0.4, 0.5) is 0 Å². The number of nitrogens with two attached hydrogens (primary N) is 1. The smallest absolute Gasteiger partial charge is 0.237 e. The van der Waals surface area contributed by atoms with Gasteiger partial charge in [-0.2, -0.15) is 0 Å². The van der Waals surface area contributed by atoms with E-state index in [9.17, 15) is 4.79 Å². The minimum Gasteiger partial charge on any atom is -0.489 e. The number of carbonyl (C=O) groups is 1. The Kier molecular flexibility index (Phi) is 9.06. The van der Waals surface area contributed by atoms with Crippen molar-refractivity contribution in [2.45, 2.75) is 46.3 Å². The summed E-state index contributed by atoms with van der Waals surface area (Å²) in [5.74, 6) is 0.919. The molecule has 0 fully saturated rings. The summed E-state index contributed by atoms with van der Waals surface area (Å²) in [7, 11) is 0. The monoisotopic (exact) mass is 314 g/mol. The summed E-state index contributed by atoms with van der Waals surface area (Å²) >= 11 is 0. The minimum atomic E-state index is -0.453. The third-order valence-electron chi connectivity index (χ3n) is 3.55. The molecule has 0 saturated carbocycles. The van der Waals surface area contributed by atoms with Gasteiger partial charge in [0, 0.05) is 0 Å². The van der Waals surface area contributed by atoms with Crippen molar-refractivity contribution in [2.75, 3.05) is 6.54 Å². The van der Waals surface area contributed by atoms with Gasteiger partial charge in [-0.3, -0.25) is 4.79 Å². The number of halogens is 1. The third-order valence-corrected chi connectivity index (χ3v) is 3.55. The Morgan fingerprint density at radius 2 is 1.95 bits per heavy atom. The van der Waals surface area contributed by atoms with Crippen LogP contribution >= 0.6 is 12.4 Å². The normalized spacial score (nSPS) is 14.5. The van der Waals surface area contributed by atoms with Gasteiger partial charge in [-0.15, -0.1) is 12.4 Å². The van der Waals surface area contributed by atoms with Crippen LogP contribution in [0, 0.1) is 12.8 Å². The van der Waals surface area contributed by atoms with Gasteiger partial charge >= 0.3 is 0 Å². The Morgan fingerprint density at radius 1 is 1.33 bits per heavy atom. The van der Waals surface area contributed by atoms with Crippen molar-refractivity contribution in [2.24, 2.45) is 11.7 Å². The zero-order valence-electron chi connectivity index (χ0n) is 13.3. The van der Waals surface area contributed by atoms with Crippen molar-refractivity contribution in [3.8, 4) is 5.75 Å². The fraction of sp³-hybridized carbons (Fsp3) is 0.562. The Morgan fingerprint density at radius 3 is 2.52 bits per heavy atom. The number of para-hydroxylation sites is 1. The van der Waals surface area contributed by atoms with Gasteiger partial charge in [-0.25, -0.2) is 0 Å². The first-order valence-corrected chi connectivity index (χ1v) is 7.21. The van der Waals surface area contributed by atoms with Crippen LogP contribution in [0.1, 0.15) is 32.8 Å². The number of amides is 1. The molecule has 3 atom stereocenters. The van der Waals surface area contributed by atoms with Crippen LogP contribution in [0.25, 0.3) is 0 Å². The number of ether oxygens (including phenoxy) is 1. The highest BCUT2D eigenvalue weighted by molar-refractivity contribution is 5.85. The lowest BCUT2D eigenvalue weighted by Crippen LogP contribution is -2.47. The van der Waals surface area contributed by atoms with Crippen LogP contribution in [-0.2, 0) is 4.79 Å². The highest BCUT2D eigenvalue weighted by Crippen LogP contribution is 2.17. The van der Waals surface area contributed by atoms with Crippen LogP contribution in [0.2, 0.25) is 0 Å². The van der Waals surface area contributed by atoms with E-state index in [-0.39, 0.29) is 30.3 Å². The first-order chi connectivity index (χ1) is 9.45. The second-order valence-electron chi connectivity index (χ2n) is 5.35. The first-order valence-electron chi connectivity index (χ1n) is 7.21. The Balaban J connectivity index is 0.00000400. The number of benzene rings is 1.